The molecule has 0 atom stereocenters. The summed E-state index contributed by atoms with van der Waals surface area (Å²) in [6.45, 7) is 0.780. The lowest BCUT2D eigenvalue weighted by molar-refractivity contribution is -0.0601. The molecule has 1 aromatic rings. The number of nitrogens with zero attached hydrogens (tertiary/aromatic N) is 2. The molecule has 5 nitrogen and oxygen atoms in total. The second-order valence-electron chi connectivity index (χ2n) is 3.92. The molecule has 0 spiro atoms. The van der Waals surface area contributed by atoms with E-state index in [1.54, 1.807) is 19.5 Å². The van der Waals surface area contributed by atoms with Crippen molar-refractivity contribution in [2.24, 2.45) is 0 Å². The number of hydrogen-bond donors (Lipinski definition) is 2. The van der Waals surface area contributed by atoms with Gasteiger partial charge in [0.25, 0.3) is 0 Å². The van der Waals surface area contributed by atoms with Gasteiger partial charge in [-0.3, -0.25) is 0 Å². The van der Waals surface area contributed by atoms with Crippen LogP contribution < -0.4 is 11.1 Å². The lowest BCUT2D eigenvalue weighted by Crippen LogP contribution is -2.45. The number of rotatable bonds is 4. The van der Waals surface area contributed by atoms with Crippen LogP contribution in [0.15, 0.2) is 12.4 Å². The maximum absolute atomic E-state index is 5.48. The van der Waals surface area contributed by atoms with Crippen molar-refractivity contribution in [2.75, 3.05) is 24.7 Å². The highest BCUT2D eigenvalue weighted by Gasteiger charge is 2.36. The summed E-state index contributed by atoms with van der Waals surface area (Å²) in [5, 5.41) is 3.21. The second-order valence-corrected chi connectivity index (χ2v) is 3.92. The fourth-order valence-electron chi connectivity index (χ4n) is 1.71. The molecule has 0 aliphatic heterocycles. The number of nitrogen functional groups attached to an aromatic ring is 1. The van der Waals surface area contributed by atoms with Crippen LogP contribution >= 0.6 is 0 Å². The number of nitrogens with one attached hydrogen (secondary N) is 1. The molecule has 1 aliphatic rings. The van der Waals surface area contributed by atoms with Gasteiger partial charge in [0, 0.05) is 13.7 Å². The molecule has 0 amide bonds. The average molecular weight is 208 g/mol. The van der Waals surface area contributed by atoms with Crippen LogP contribution in [0.2, 0.25) is 0 Å². The largest absolute Gasteiger partial charge is 0.382 e. The number of nitrogens with two attached hydrogens (primary N) is 1. The van der Waals surface area contributed by atoms with E-state index in [1.165, 1.54) is 6.42 Å². The van der Waals surface area contributed by atoms with Crippen LogP contribution in [-0.2, 0) is 4.74 Å². The van der Waals surface area contributed by atoms with Crippen molar-refractivity contribution in [3.63, 3.8) is 0 Å². The predicted octanol–water partition coefficient (Wildman–Crippen LogP) is 1.04. The summed E-state index contributed by atoms with van der Waals surface area (Å²) in [6, 6.07) is 0. The predicted molar refractivity (Wildman–Crippen MR) is 58.5 cm³/mol. The van der Waals surface area contributed by atoms with Crippen LogP contribution in [0.4, 0.5) is 11.6 Å². The van der Waals surface area contributed by atoms with E-state index < -0.39 is 0 Å². The lowest BCUT2D eigenvalue weighted by Gasteiger charge is -2.40. The highest BCUT2D eigenvalue weighted by molar-refractivity contribution is 5.36. The van der Waals surface area contributed by atoms with Crippen molar-refractivity contribution >= 4 is 11.6 Å². The molecular formula is C10H16N4O. The van der Waals surface area contributed by atoms with Gasteiger partial charge in [0.1, 0.15) is 11.6 Å². The van der Waals surface area contributed by atoms with Crippen molar-refractivity contribution in [3.05, 3.63) is 12.4 Å². The molecule has 0 unspecified atom stereocenters. The molecule has 1 saturated carbocycles. The number of methoxy groups -OCH3 is 1. The van der Waals surface area contributed by atoms with Gasteiger partial charge >= 0.3 is 0 Å². The molecule has 15 heavy (non-hydrogen) atoms. The van der Waals surface area contributed by atoms with Gasteiger partial charge in [-0.2, -0.15) is 0 Å². The van der Waals surface area contributed by atoms with E-state index in [2.05, 4.69) is 15.3 Å². The first-order valence-corrected chi connectivity index (χ1v) is 5.11. The molecule has 0 aromatic carbocycles. The van der Waals surface area contributed by atoms with Crippen LogP contribution in [0, 0.1) is 0 Å². The van der Waals surface area contributed by atoms with E-state index in [4.69, 9.17) is 10.5 Å². The third kappa shape index (κ3) is 2.18. The monoisotopic (exact) mass is 208 g/mol. The standard InChI is InChI=1S/C10H16N4O/c1-15-10(3-2-4-10)7-14-9-6-12-8(11)5-13-9/h5-6H,2-4,7H2,1H3,(H2,11,12)(H,13,14). The topological polar surface area (TPSA) is 73.1 Å². The number of ether oxygens (including phenoxy) is 1. The quantitative estimate of drug-likeness (QED) is 0.773. The normalized spacial score (nSPS) is 18.2. The van der Waals surface area contributed by atoms with Crippen LogP contribution in [0.3, 0.4) is 0 Å². The van der Waals surface area contributed by atoms with Crippen molar-refractivity contribution in [2.45, 2.75) is 24.9 Å². The fourth-order valence-corrected chi connectivity index (χ4v) is 1.71. The number of hydrogen-bond acceptors (Lipinski definition) is 5. The fraction of sp³-hybridized carbons (Fsp3) is 0.600. The maximum Gasteiger partial charge on any atom is 0.144 e. The molecule has 0 saturated heterocycles. The molecule has 0 bridgehead atoms. The van der Waals surface area contributed by atoms with Gasteiger partial charge in [-0.1, -0.05) is 0 Å². The zero-order valence-corrected chi connectivity index (χ0v) is 8.86. The van der Waals surface area contributed by atoms with Crippen LogP contribution in [-0.4, -0.2) is 29.2 Å². The van der Waals surface area contributed by atoms with Crippen LogP contribution in [0.5, 0.6) is 0 Å². The highest BCUT2D eigenvalue weighted by Crippen LogP contribution is 2.34. The van der Waals surface area contributed by atoms with E-state index in [0.717, 1.165) is 25.2 Å². The van der Waals surface area contributed by atoms with E-state index in [9.17, 15) is 0 Å². The zero-order chi connectivity index (χ0) is 10.7. The molecular weight excluding hydrogens is 192 g/mol. The van der Waals surface area contributed by atoms with Crippen molar-refractivity contribution in [3.8, 4) is 0 Å². The SMILES string of the molecule is COC1(CNc2cnc(N)cn2)CCC1. The Morgan fingerprint density at radius 3 is 2.73 bits per heavy atom. The summed E-state index contributed by atoms with van der Waals surface area (Å²) in [7, 11) is 1.76. The average Bonchev–Trinajstić information content (AvgIpc) is 2.20. The van der Waals surface area contributed by atoms with Gasteiger partial charge in [-0.05, 0) is 19.3 Å². The summed E-state index contributed by atoms with van der Waals surface area (Å²) in [5.74, 6) is 1.18. The number of aromatic nitrogens is 2. The van der Waals surface area contributed by atoms with Crippen LogP contribution in [0.25, 0.3) is 0 Å². The summed E-state index contributed by atoms with van der Waals surface area (Å²) < 4.78 is 5.48. The third-order valence-corrected chi connectivity index (χ3v) is 2.96. The molecule has 1 aliphatic carbocycles. The molecule has 1 heterocycles. The molecule has 0 radical (unpaired) electrons. The highest BCUT2D eigenvalue weighted by atomic mass is 16.5. The maximum atomic E-state index is 5.48. The van der Waals surface area contributed by atoms with Gasteiger partial charge in [-0.15, -0.1) is 0 Å². The third-order valence-electron chi connectivity index (χ3n) is 2.96. The van der Waals surface area contributed by atoms with E-state index in [1.807, 2.05) is 0 Å². The Hall–Kier alpha value is -1.36. The minimum atomic E-state index is 0.00304. The summed E-state index contributed by atoms with van der Waals surface area (Å²) in [6.07, 6.45) is 6.64. The van der Waals surface area contributed by atoms with Crippen molar-refractivity contribution in [1.82, 2.24) is 9.97 Å². The Kier molecular flexibility index (Phi) is 2.73. The summed E-state index contributed by atoms with van der Waals surface area (Å²) >= 11 is 0. The summed E-state index contributed by atoms with van der Waals surface area (Å²) in [5.41, 5.74) is 5.45. The minimum absolute atomic E-state index is 0.00304. The minimum Gasteiger partial charge on any atom is -0.382 e. The Morgan fingerprint density at radius 1 is 1.47 bits per heavy atom. The van der Waals surface area contributed by atoms with Gasteiger partial charge in [0.2, 0.25) is 0 Å². The van der Waals surface area contributed by atoms with Gasteiger partial charge in [0.05, 0.1) is 18.0 Å². The Morgan fingerprint density at radius 2 is 2.27 bits per heavy atom. The van der Waals surface area contributed by atoms with Gasteiger partial charge in [-0.25, -0.2) is 9.97 Å². The van der Waals surface area contributed by atoms with E-state index in [-0.39, 0.29) is 5.60 Å². The summed E-state index contributed by atoms with van der Waals surface area (Å²) in [4.78, 5) is 8.08. The molecule has 2 rings (SSSR count). The Labute approximate surface area is 89.1 Å². The molecule has 82 valence electrons. The smallest absolute Gasteiger partial charge is 0.144 e. The first kappa shape index (κ1) is 10.2. The Bertz CT molecular complexity index is 315. The molecule has 5 heteroatoms. The van der Waals surface area contributed by atoms with Crippen molar-refractivity contribution < 1.29 is 4.74 Å². The first-order valence-electron chi connectivity index (χ1n) is 5.11. The zero-order valence-electron chi connectivity index (χ0n) is 8.86. The molecule has 1 aromatic heterocycles. The Balaban J connectivity index is 1.90. The van der Waals surface area contributed by atoms with E-state index in [0.29, 0.717) is 5.82 Å². The number of anilines is 2. The molecule has 1 fully saturated rings. The lowest BCUT2D eigenvalue weighted by atomic mass is 9.80. The van der Waals surface area contributed by atoms with Crippen LogP contribution in [0.1, 0.15) is 19.3 Å². The second kappa shape index (κ2) is 4.02. The van der Waals surface area contributed by atoms with E-state index >= 15 is 0 Å². The van der Waals surface area contributed by atoms with Gasteiger partial charge < -0.3 is 15.8 Å². The molecule has 3 N–H and O–H groups in total. The van der Waals surface area contributed by atoms with Gasteiger partial charge in [0.15, 0.2) is 0 Å². The first-order chi connectivity index (χ1) is 7.24. The van der Waals surface area contributed by atoms with Crippen molar-refractivity contribution in [1.29, 1.82) is 0 Å².